The van der Waals surface area contributed by atoms with Gasteiger partial charge in [-0.2, -0.15) is 0 Å². The van der Waals surface area contributed by atoms with Gasteiger partial charge in [0.15, 0.2) is 0 Å². The number of aromatic nitrogens is 1. The van der Waals surface area contributed by atoms with Crippen LogP contribution in [0.5, 0.6) is 0 Å². The van der Waals surface area contributed by atoms with Gasteiger partial charge in [0.25, 0.3) is 0 Å². The van der Waals surface area contributed by atoms with Crippen LogP contribution in [0.1, 0.15) is 36.4 Å². The lowest BCUT2D eigenvalue weighted by molar-refractivity contribution is -0.912. The van der Waals surface area contributed by atoms with Gasteiger partial charge in [-0.05, 0) is 18.6 Å². The van der Waals surface area contributed by atoms with Gasteiger partial charge in [-0.3, -0.25) is 4.98 Å². The minimum Gasteiger partial charge on any atom is -0.323 e. The van der Waals surface area contributed by atoms with Crippen LogP contribution in [0.3, 0.4) is 0 Å². The van der Waals surface area contributed by atoms with Crippen LogP contribution < -0.4 is 0 Å². The van der Waals surface area contributed by atoms with Gasteiger partial charge in [-0.1, -0.05) is 6.07 Å². The van der Waals surface area contributed by atoms with Crippen LogP contribution >= 0.6 is 0 Å². The SMILES string of the molecule is Cc1ccc(C2CC3CCC2[N+]3(C)C)cn1. The molecule has 2 aliphatic rings. The van der Waals surface area contributed by atoms with Gasteiger partial charge in [0.05, 0.1) is 26.2 Å². The maximum Gasteiger partial charge on any atom is 0.0962 e. The zero-order chi connectivity index (χ0) is 11.3. The smallest absolute Gasteiger partial charge is 0.0962 e. The molecule has 86 valence electrons. The summed E-state index contributed by atoms with van der Waals surface area (Å²) in [4.78, 5) is 4.45. The van der Waals surface area contributed by atoms with E-state index in [1.54, 1.807) is 0 Å². The van der Waals surface area contributed by atoms with E-state index in [0.29, 0.717) is 0 Å². The van der Waals surface area contributed by atoms with Gasteiger partial charge in [0.1, 0.15) is 0 Å². The van der Waals surface area contributed by atoms with Gasteiger partial charge in [0, 0.05) is 37.1 Å². The van der Waals surface area contributed by atoms with Crippen molar-refractivity contribution >= 4 is 0 Å². The second-order valence-electron chi connectivity index (χ2n) is 6.00. The Bertz CT molecular complexity index is 394. The molecule has 2 aliphatic heterocycles. The van der Waals surface area contributed by atoms with Gasteiger partial charge in [-0.25, -0.2) is 0 Å². The molecular formula is C14H21N2+. The number of quaternary nitrogens is 1. The van der Waals surface area contributed by atoms with Crippen molar-refractivity contribution in [3.05, 3.63) is 29.6 Å². The first-order valence-electron chi connectivity index (χ1n) is 6.35. The molecule has 0 N–H and O–H groups in total. The number of aryl methyl sites for hydroxylation is 1. The summed E-state index contributed by atoms with van der Waals surface area (Å²) < 4.78 is 1.23. The maximum absolute atomic E-state index is 4.45. The molecule has 2 nitrogen and oxygen atoms in total. The lowest BCUT2D eigenvalue weighted by Crippen LogP contribution is -2.44. The van der Waals surface area contributed by atoms with Crippen molar-refractivity contribution in [2.45, 2.75) is 44.2 Å². The molecule has 2 saturated heterocycles. The predicted molar refractivity (Wildman–Crippen MR) is 65.3 cm³/mol. The average Bonchev–Trinajstić information content (AvgIpc) is 2.68. The largest absolute Gasteiger partial charge is 0.323 e. The van der Waals surface area contributed by atoms with Crippen LogP contribution in [0.4, 0.5) is 0 Å². The zero-order valence-electron chi connectivity index (χ0n) is 10.5. The third-order valence-electron chi connectivity index (χ3n) is 4.94. The van der Waals surface area contributed by atoms with Crippen LogP contribution in [0, 0.1) is 6.92 Å². The Morgan fingerprint density at radius 1 is 1.25 bits per heavy atom. The first kappa shape index (κ1) is 10.3. The summed E-state index contributed by atoms with van der Waals surface area (Å²) in [6.45, 7) is 2.06. The summed E-state index contributed by atoms with van der Waals surface area (Å²) in [6, 6.07) is 6.15. The molecule has 0 aromatic carbocycles. The van der Waals surface area contributed by atoms with Crippen molar-refractivity contribution < 1.29 is 4.48 Å². The Hall–Kier alpha value is -0.890. The van der Waals surface area contributed by atoms with E-state index in [9.17, 15) is 0 Å². The Morgan fingerprint density at radius 2 is 2.06 bits per heavy atom. The highest BCUT2D eigenvalue weighted by Crippen LogP contribution is 2.49. The lowest BCUT2D eigenvalue weighted by Gasteiger charge is -2.31. The molecule has 0 radical (unpaired) electrons. The minimum absolute atomic E-state index is 0.752. The highest BCUT2D eigenvalue weighted by atomic mass is 15.4. The van der Waals surface area contributed by atoms with E-state index in [2.05, 4.69) is 44.3 Å². The van der Waals surface area contributed by atoms with Crippen LogP contribution in [0.2, 0.25) is 0 Å². The fourth-order valence-corrected chi connectivity index (χ4v) is 3.86. The molecule has 2 bridgehead atoms. The lowest BCUT2D eigenvalue weighted by atomic mass is 9.84. The molecule has 1 aromatic rings. The van der Waals surface area contributed by atoms with Crippen molar-refractivity contribution in [2.75, 3.05) is 14.1 Å². The van der Waals surface area contributed by atoms with Crippen molar-refractivity contribution in [3.8, 4) is 0 Å². The van der Waals surface area contributed by atoms with Crippen molar-refractivity contribution in [1.29, 1.82) is 0 Å². The molecule has 3 unspecified atom stereocenters. The number of rotatable bonds is 1. The molecular weight excluding hydrogens is 196 g/mol. The summed E-state index contributed by atoms with van der Waals surface area (Å²) in [5.41, 5.74) is 2.59. The van der Waals surface area contributed by atoms with Gasteiger partial charge in [0.2, 0.25) is 0 Å². The summed E-state index contributed by atoms with van der Waals surface area (Å²) in [5.74, 6) is 0.752. The predicted octanol–water partition coefficient (Wildman–Crippen LogP) is 2.48. The minimum atomic E-state index is 0.752. The molecule has 1 aromatic heterocycles. The number of nitrogens with zero attached hydrogens (tertiary/aromatic N) is 2. The Morgan fingerprint density at radius 3 is 2.56 bits per heavy atom. The molecule has 3 atom stereocenters. The van der Waals surface area contributed by atoms with Crippen LogP contribution in [0.25, 0.3) is 0 Å². The number of likely N-dealkylation sites (N-methyl/N-ethyl adjacent to an activating group) is 1. The van der Waals surface area contributed by atoms with Crippen LogP contribution in [-0.4, -0.2) is 35.6 Å². The zero-order valence-corrected chi connectivity index (χ0v) is 10.5. The van der Waals surface area contributed by atoms with Crippen LogP contribution in [0.15, 0.2) is 18.3 Å². The van der Waals surface area contributed by atoms with Crippen molar-refractivity contribution in [3.63, 3.8) is 0 Å². The first-order valence-corrected chi connectivity index (χ1v) is 6.35. The van der Waals surface area contributed by atoms with Crippen molar-refractivity contribution in [2.24, 2.45) is 0 Å². The first-order chi connectivity index (χ1) is 7.59. The van der Waals surface area contributed by atoms with Gasteiger partial charge >= 0.3 is 0 Å². The maximum atomic E-state index is 4.45. The van der Waals surface area contributed by atoms with E-state index >= 15 is 0 Å². The standard InChI is InChI=1S/C14H21N2/c1-10-4-5-11(9-15-10)13-8-12-6-7-14(13)16(12,2)3/h4-5,9,12-14H,6-8H2,1-3H3/q+1. The molecule has 0 spiro atoms. The molecule has 3 heterocycles. The van der Waals surface area contributed by atoms with Gasteiger partial charge < -0.3 is 4.48 Å². The molecule has 0 amide bonds. The van der Waals surface area contributed by atoms with Crippen molar-refractivity contribution in [1.82, 2.24) is 4.98 Å². The molecule has 16 heavy (non-hydrogen) atoms. The van der Waals surface area contributed by atoms with E-state index in [1.165, 1.54) is 29.3 Å². The van der Waals surface area contributed by atoms with E-state index in [0.717, 1.165) is 23.7 Å². The number of fused-ring (bicyclic) bond motifs is 2. The van der Waals surface area contributed by atoms with E-state index in [4.69, 9.17) is 0 Å². The second-order valence-corrected chi connectivity index (χ2v) is 6.00. The average molecular weight is 217 g/mol. The monoisotopic (exact) mass is 217 g/mol. The number of hydrogen-bond donors (Lipinski definition) is 0. The third-order valence-corrected chi connectivity index (χ3v) is 4.94. The molecule has 2 heteroatoms. The summed E-state index contributed by atoms with van der Waals surface area (Å²) in [5, 5.41) is 0. The Kier molecular flexibility index (Phi) is 2.12. The molecule has 0 saturated carbocycles. The molecule has 0 aliphatic carbocycles. The number of pyridine rings is 1. The van der Waals surface area contributed by atoms with E-state index in [1.807, 2.05) is 0 Å². The molecule has 2 fully saturated rings. The Labute approximate surface area is 97.9 Å². The summed E-state index contributed by atoms with van der Waals surface area (Å²) >= 11 is 0. The van der Waals surface area contributed by atoms with Gasteiger partial charge in [-0.15, -0.1) is 0 Å². The Balaban J connectivity index is 1.91. The highest BCUT2D eigenvalue weighted by molar-refractivity contribution is 5.21. The van der Waals surface area contributed by atoms with Crippen LogP contribution in [-0.2, 0) is 0 Å². The summed E-state index contributed by atoms with van der Waals surface area (Å²) in [6.07, 6.45) is 6.28. The summed E-state index contributed by atoms with van der Waals surface area (Å²) in [7, 11) is 4.81. The number of hydrogen-bond acceptors (Lipinski definition) is 1. The fourth-order valence-electron chi connectivity index (χ4n) is 3.86. The second kappa shape index (κ2) is 3.30. The molecule has 3 rings (SSSR count). The van der Waals surface area contributed by atoms with E-state index in [-0.39, 0.29) is 0 Å². The highest BCUT2D eigenvalue weighted by Gasteiger charge is 2.54. The normalized spacial score (nSPS) is 35.6. The topological polar surface area (TPSA) is 12.9 Å². The quantitative estimate of drug-likeness (QED) is 0.659. The third kappa shape index (κ3) is 1.32. The fraction of sp³-hybridized carbons (Fsp3) is 0.643. The van der Waals surface area contributed by atoms with E-state index < -0.39 is 0 Å².